The fraction of sp³-hybridized carbons (Fsp3) is 0.846. The summed E-state index contributed by atoms with van der Waals surface area (Å²) < 4.78 is 0. The molecule has 0 radical (unpaired) electrons. The lowest BCUT2D eigenvalue weighted by atomic mass is 10.1. The molecule has 2 amide bonds. The van der Waals surface area contributed by atoms with E-state index in [1.807, 2.05) is 4.90 Å². The number of nitrogens with one attached hydrogen (secondary N) is 2. The fourth-order valence-corrected chi connectivity index (χ4v) is 3.47. The van der Waals surface area contributed by atoms with Gasteiger partial charge < -0.3 is 10.2 Å². The Morgan fingerprint density at radius 1 is 1.26 bits per heavy atom. The van der Waals surface area contributed by atoms with Crippen molar-refractivity contribution in [3.8, 4) is 0 Å². The van der Waals surface area contributed by atoms with E-state index in [-0.39, 0.29) is 24.4 Å². The number of carbonyl (C=O) groups is 2. The Bertz CT molecular complexity index is 377. The third-order valence-corrected chi connectivity index (χ3v) is 4.77. The van der Waals surface area contributed by atoms with Gasteiger partial charge in [-0.15, -0.1) is 0 Å². The normalized spacial score (nSPS) is 35.9. The summed E-state index contributed by atoms with van der Waals surface area (Å²) in [6, 6.07) is 0.899. The third-order valence-electron chi connectivity index (χ3n) is 4.77. The van der Waals surface area contributed by atoms with Gasteiger partial charge in [-0.3, -0.25) is 19.8 Å². The van der Waals surface area contributed by atoms with E-state index >= 15 is 0 Å². The lowest BCUT2D eigenvalue weighted by molar-refractivity contribution is -0.135. The van der Waals surface area contributed by atoms with Crippen molar-refractivity contribution in [3.05, 3.63) is 0 Å². The van der Waals surface area contributed by atoms with E-state index in [4.69, 9.17) is 0 Å². The zero-order valence-electron chi connectivity index (χ0n) is 11.4. The molecule has 3 fully saturated rings. The van der Waals surface area contributed by atoms with E-state index in [2.05, 4.69) is 22.6 Å². The molecule has 2 bridgehead atoms. The van der Waals surface area contributed by atoms with Gasteiger partial charge >= 0.3 is 0 Å². The molecule has 2 N–H and O–H groups in total. The van der Waals surface area contributed by atoms with Gasteiger partial charge in [0, 0.05) is 31.7 Å². The van der Waals surface area contributed by atoms with E-state index in [9.17, 15) is 9.59 Å². The first-order valence-corrected chi connectivity index (χ1v) is 7.16. The molecule has 0 aliphatic carbocycles. The number of amides is 2. The highest BCUT2D eigenvalue weighted by molar-refractivity contribution is 5.86. The lowest BCUT2D eigenvalue weighted by Gasteiger charge is -2.31. The number of likely N-dealkylation sites (N-methyl/N-ethyl adjacent to an activating group) is 1. The van der Waals surface area contributed by atoms with Crippen molar-refractivity contribution in [1.82, 2.24) is 20.4 Å². The van der Waals surface area contributed by atoms with Crippen molar-refractivity contribution >= 4 is 11.8 Å². The number of hydrogen-bond acceptors (Lipinski definition) is 4. The zero-order valence-corrected chi connectivity index (χ0v) is 11.4. The van der Waals surface area contributed by atoms with Gasteiger partial charge in [0.15, 0.2) is 0 Å². The molecule has 3 saturated heterocycles. The van der Waals surface area contributed by atoms with Gasteiger partial charge in [-0.2, -0.15) is 0 Å². The van der Waals surface area contributed by atoms with Gasteiger partial charge in [-0.1, -0.05) is 0 Å². The van der Waals surface area contributed by atoms with Gasteiger partial charge in [-0.25, -0.2) is 0 Å². The molecule has 6 heteroatoms. The second kappa shape index (κ2) is 5.09. The van der Waals surface area contributed by atoms with Crippen LogP contribution in [0, 0.1) is 0 Å². The highest BCUT2D eigenvalue weighted by Gasteiger charge is 2.37. The smallest absolute Gasteiger partial charge is 0.241 e. The minimum atomic E-state index is -0.250. The average molecular weight is 266 g/mol. The number of likely N-dealkylation sites (tertiary alicyclic amines) is 1. The molecule has 3 atom stereocenters. The predicted octanol–water partition coefficient (Wildman–Crippen LogP) is -1.23. The van der Waals surface area contributed by atoms with Gasteiger partial charge in [0.2, 0.25) is 11.8 Å². The largest absolute Gasteiger partial charge is 0.353 e. The molecule has 3 heterocycles. The quantitative estimate of drug-likeness (QED) is 0.624. The molecule has 0 saturated carbocycles. The Morgan fingerprint density at radius 2 is 2.05 bits per heavy atom. The van der Waals surface area contributed by atoms with Crippen LogP contribution in [0.5, 0.6) is 0 Å². The van der Waals surface area contributed by atoms with Crippen LogP contribution in [0.4, 0.5) is 0 Å². The topological polar surface area (TPSA) is 64.7 Å². The molecule has 3 unspecified atom stereocenters. The number of carbonyl (C=O) groups excluding carboxylic acids is 2. The van der Waals surface area contributed by atoms with Gasteiger partial charge in [0.25, 0.3) is 0 Å². The first-order chi connectivity index (χ1) is 9.15. The summed E-state index contributed by atoms with van der Waals surface area (Å²) in [6.07, 6.45) is 3.53. The summed E-state index contributed by atoms with van der Waals surface area (Å²) >= 11 is 0. The molecule has 3 rings (SSSR count). The van der Waals surface area contributed by atoms with Crippen LogP contribution in [0.1, 0.15) is 19.3 Å². The standard InChI is InChI=1S/C13H22N4O2/c1-16-9-2-3-10(16)8-17(5-4-9)13(19)11-6-15-12(18)7-14-11/h9-11,14H,2-8H2,1H3,(H,15,18). The van der Waals surface area contributed by atoms with Crippen LogP contribution in [-0.2, 0) is 9.59 Å². The van der Waals surface area contributed by atoms with E-state index in [1.165, 1.54) is 12.8 Å². The maximum absolute atomic E-state index is 12.5. The highest BCUT2D eigenvalue weighted by atomic mass is 16.2. The maximum atomic E-state index is 12.5. The van der Waals surface area contributed by atoms with Crippen LogP contribution in [-0.4, -0.2) is 73.0 Å². The van der Waals surface area contributed by atoms with Crippen molar-refractivity contribution in [3.63, 3.8) is 0 Å². The predicted molar refractivity (Wildman–Crippen MR) is 70.6 cm³/mol. The van der Waals surface area contributed by atoms with Crippen LogP contribution in [0.25, 0.3) is 0 Å². The number of hydrogen-bond donors (Lipinski definition) is 2. The summed E-state index contributed by atoms with van der Waals surface area (Å²) in [7, 11) is 2.18. The van der Waals surface area contributed by atoms with Crippen molar-refractivity contribution < 1.29 is 9.59 Å². The molecule has 6 nitrogen and oxygen atoms in total. The lowest BCUT2D eigenvalue weighted by Crippen LogP contribution is -2.59. The monoisotopic (exact) mass is 266 g/mol. The summed E-state index contributed by atoms with van der Waals surface area (Å²) in [6.45, 7) is 2.34. The SMILES string of the molecule is CN1C2CCC1CN(C(=O)C1CNC(=O)CN1)CC2. The Labute approximate surface area is 113 Å². The summed E-state index contributed by atoms with van der Waals surface area (Å²) in [5.41, 5.74) is 0. The Morgan fingerprint density at radius 3 is 2.79 bits per heavy atom. The minimum absolute atomic E-state index is 0.0290. The molecule has 3 aliphatic heterocycles. The van der Waals surface area contributed by atoms with Crippen molar-refractivity contribution in [2.45, 2.75) is 37.4 Å². The second-order valence-corrected chi connectivity index (χ2v) is 5.86. The number of fused-ring (bicyclic) bond motifs is 2. The van der Waals surface area contributed by atoms with Crippen LogP contribution in [0.15, 0.2) is 0 Å². The molecule has 0 aromatic rings. The first kappa shape index (κ1) is 12.9. The Balaban J connectivity index is 1.62. The summed E-state index contributed by atoms with van der Waals surface area (Å²) in [5, 5.41) is 5.78. The second-order valence-electron chi connectivity index (χ2n) is 5.86. The number of rotatable bonds is 1. The molecular weight excluding hydrogens is 244 g/mol. The summed E-state index contributed by atoms with van der Waals surface area (Å²) in [4.78, 5) is 28.0. The highest BCUT2D eigenvalue weighted by Crippen LogP contribution is 2.28. The van der Waals surface area contributed by atoms with E-state index in [0.29, 0.717) is 18.6 Å². The Kier molecular flexibility index (Phi) is 3.45. The zero-order chi connectivity index (χ0) is 13.4. The van der Waals surface area contributed by atoms with Gasteiger partial charge in [-0.05, 0) is 26.3 Å². The molecule has 0 aromatic carbocycles. The van der Waals surface area contributed by atoms with Gasteiger partial charge in [0.1, 0.15) is 6.04 Å². The van der Waals surface area contributed by atoms with E-state index < -0.39 is 0 Å². The number of nitrogens with zero attached hydrogens (tertiary/aromatic N) is 2. The molecule has 3 aliphatic rings. The average Bonchev–Trinajstić information content (AvgIpc) is 2.63. The molecule has 0 spiro atoms. The van der Waals surface area contributed by atoms with Crippen molar-refractivity contribution in [2.24, 2.45) is 0 Å². The minimum Gasteiger partial charge on any atom is -0.353 e. The van der Waals surface area contributed by atoms with Crippen molar-refractivity contribution in [1.29, 1.82) is 0 Å². The van der Waals surface area contributed by atoms with Crippen LogP contribution in [0.3, 0.4) is 0 Å². The molecule has 0 aromatic heterocycles. The van der Waals surface area contributed by atoms with Crippen LogP contribution >= 0.6 is 0 Å². The van der Waals surface area contributed by atoms with Crippen molar-refractivity contribution in [2.75, 3.05) is 33.2 Å². The Hall–Kier alpha value is -1.14. The molecule has 19 heavy (non-hydrogen) atoms. The molecule has 106 valence electrons. The number of piperazine rings is 1. The van der Waals surface area contributed by atoms with Crippen LogP contribution in [0.2, 0.25) is 0 Å². The first-order valence-electron chi connectivity index (χ1n) is 7.16. The van der Waals surface area contributed by atoms with Crippen LogP contribution < -0.4 is 10.6 Å². The fourth-order valence-electron chi connectivity index (χ4n) is 3.47. The molecular formula is C13H22N4O2. The van der Waals surface area contributed by atoms with E-state index in [0.717, 1.165) is 19.5 Å². The van der Waals surface area contributed by atoms with Gasteiger partial charge in [0.05, 0.1) is 6.54 Å². The maximum Gasteiger partial charge on any atom is 0.241 e. The van der Waals surface area contributed by atoms with E-state index in [1.54, 1.807) is 0 Å². The third kappa shape index (κ3) is 2.47. The summed E-state index contributed by atoms with van der Waals surface area (Å²) in [5.74, 6) is 0.111.